The van der Waals surface area contributed by atoms with Gasteiger partial charge in [0.2, 0.25) is 11.8 Å². The Balaban J connectivity index is 1.65. The van der Waals surface area contributed by atoms with Gasteiger partial charge in [0.25, 0.3) is 5.91 Å². The molecule has 2 fully saturated rings. The Kier molecular flexibility index (Phi) is 17.2. The van der Waals surface area contributed by atoms with Crippen LogP contribution in [0.2, 0.25) is 0 Å². The summed E-state index contributed by atoms with van der Waals surface area (Å²) in [5, 5.41) is 18.0. The molecule has 1 saturated carbocycles. The molecule has 1 saturated heterocycles. The monoisotopic (exact) mass is 722 g/mol. The van der Waals surface area contributed by atoms with Crippen molar-refractivity contribution in [1.29, 1.82) is 0 Å². The molecule has 0 spiro atoms. The highest BCUT2D eigenvalue weighted by Gasteiger charge is 2.43. The number of carboxylic acids is 1. The summed E-state index contributed by atoms with van der Waals surface area (Å²) in [4.78, 5) is 65.3. The molecule has 2 unspecified atom stereocenters. The van der Waals surface area contributed by atoms with E-state index in [0.717, 1.165) is 37.7 Å². The highest BCUT2D eigenvalue weighted by molar-refractivity contribution is 7.54. The number of hydrogen-bond donors (Lipinski definition) is 4. The zero-order valence-electron chi connectivity index (χ0n) is 29.6. The van der Waals surface area contributed by atoms with Gasteiger partial charge in [-0.1, -0.05) is 69.4 Å². The minimum atomic E-state index is -4.17. The summed E-state index contributed by atoms with van der Waals surface area (Å²) in [6, 6.07) is 7.36. The van der Waals surface area contributed by atoms with Crippen molar-refractivity contribution in [3.8, 4) is 0 Å². The normalized spacial score (nSPS) is 19.4. The standard InChI is InChI=1S/C35H55N4O10P/c1-4-5-21-30(50(46,47-3)49-25(2)33(42)39-23-14-20-29(39)34(43)44)38-32(41)28(37-31(40)27-17-10-7-11-18-27)19-12-13-22-36-35(45)48-24-26-15-8-6-9-16-26/h6,8-9,15-16,25,27-30H,4-5,7,10-14,17-24H2,1-3H3,(H,36,45)(H,37,40)(H,38,41)(H,43,44)/t25-,28-,29-,30?,50?/m0/s1. The van der Waals surface area contributed by atoms with Gasteiger partial charge < -0.3 is 35.2 Å². The molecule has 1 heterocycles. The Morgan fingerprint density at radius 3 is 2.34 bits per heavy atom. The van der Waals surface area contributed by atoms with E-state index < -0.39 is 55.4 Å². The molecule has 50 heavy (non-hydrogen) atoms. The summed E-state index contributed by atoms with van der Waals surface area (Å²) in [6.45, 7) is 4.01. The molecule has 0 aromatic heterocycles. The van der Waals surface area contributed by atoms with E-state index in [1.165, 1.54) is 18.9 Å². The first-order valence-corrected chi connectivity index (χ1v) is 19.5. The van der Waals surface area contributed by atoms with Crippen molar-refractivity contribution in [2.24, 2.45) is 5.92 Å². The number of carbonyl (C=O) groups excluding carboxylic acids is 4. The van der Waals surface area contributed by atoms with E-state index in [-0.39, 0.29) is 37.8 Å². The maximum absolute atomic E-state index is 14.2. The lowest BCUT2D eigenvalue weighted by atomic mass is 9.88. The fraction of sp³-hybridized carbons (Fsp3) is 0.686. The highest BCUT2D eigenvalue weighted by atomic mass is 31.2. The van der Waals surface area contributed by atoms with Crippen LogP contribution in [0, 0.1) is 5.92 Å². The Hall–Kier alpha value is -3.48. The third-order valence-electron chi connectivity index (χ3n) is 9.26. The Bertz CT molecular complexity index is 1310. The fourth-order valence-corrected chi connectivity index (χ4v) is 8.17. The van der Waals surface area contributed by atoms with Crippen molar-refractivity contribution in [3.05, 3.63) is 35.9 Å². The van der Waals surface area contributed by atoms with E-state index in [0.29, 0.717) is 45.1 Å². The lowest BCUT2D eigenvalue weighted by Crippen LogP contribution is -2.51. The molecule has 14 nitrogen and oxygen atoms in total. The number of benzene rings is 1. The largest absolute Gasteiger partial charge is 0.480 e. The number of carbonyl (C=O) groups is 5. The number of aliphatic carboxylic acids is 1. The Morgan fingerprint density at radius 2 is 1.68 bits per heavy atom. The fourth-order valence-electron chi connectivity index (χ4n) is 6.36. The quantitative estimate of drug-likeness (QED) is 0.104. The summed E-state index contributed by atoms with van der Waals surface area (Å²) in [6.07, 6.45) is 6.14. The Morgan fingerprint density at radius 1 is 0.960 bits per heavy atom. The van der Waals surface area contributed by atoms with Gasteiger partial charge in [0, 0.05) is 26.1 Å². The number of nitrogens with zero attached hydrogens (tertiary/aromatic N) is 1. The van der Waals surface area contributed by atoms with Gasteiger partial charge in [-0.15, -0.1) is 0 Å². The van der Waals surface area contributed by atoms with Crippen LogP contribution in [-0.4, -0.2) is 84.0 Å². The van der Waals surface area contributed by atoms with Crippen LogP contribution in [0.5, 0.6) is 0 Å². The number of carboxylic acid groups (broad SMARTS) is 1. The number of hydrogen-bond acceptors (Lipinski definition) is 9. The van der Waals surface area contributed by atoms with Crippen molar-refractivity contribution in [3.63, 3.8) is 0 Å². The molecule has 1 aromatic rings. The van der Waals surface area contributed by atoms with Gasteiger partial charge in [-0.2, -0.15) is 0 Å². The highest BCUT2D eigenvalue weighted by Crippen LogP contribution is 2.54. The van der Waals surface area contributed by atoms with Crippen LogP contribution in [0.4, 0.5) is 4.79 Å². The number of rotatable bonds is 20. The number of unbranched alkanes of at least 4 members (excludes halogenated alkanes) is 2. The molecule has 4 amide bonds. The van der Waals surface area contributed by atoms with E-state index in [2.05, 4.69) is 16.0 Å². The van der Waals surface area contributed by atoms with Crippen LogP contribution in [0.1, 0.15) is 103 Å². The van der Waals surface area contributed by atoms with Crippen LogP contribution in [0.15, 0.2) is 30.3 Å². The van der Waals surface area contributed by atoms with Gasteiger partial charge >= 0.3 is 19.7 Å². The summed E-state index contributed by atoms with van der Waals surface area (Å²) in [5.41, 5.74) is 0.866. The summed E-state index contributed by atoms with van der Waals surface area (Å²) < 4.78 is 30.6. The third-order valence-corrected chi connectivity index (χ3v) is 11.5. The summed E-state index contributed by atoms with van der Waals surface area (Å²) in [5.74, 6) is -3.83. The first-order chi connectivity index (χ1) is 24.0. The van der Waals surface area contributed by atoms with Crippen LogP contribution in [0.3, 0.4) is 0 Å². The van der Waals surface area contributed by atoms with Gasteiger partial charge in [-0.25, -0.2) is 9.59 Å². The third kappa shape index (κ3) is 12.7. The average molecular weight is 723 g/mol. The van der Waals surface area contributed by atoms with E-state index in [4.69, 9.17) is 13.8 Å². The smallest absolute Gasteiger partial charge is 0.407 e. The van der Waals surface area contributed by atoms with E-state index >= 15 is 0 Å². The zero-order valence-corrected chi connectivity index (χ0v) is 30.5. The second-order valence-electron chi connectivity index (χ2n) is 13.0. The van der Waals surface area contributed by atoms with Crippen LogP contribution < -0.4 is 16.0 Å². The molecule has 0 bridgehead atoms. The molecule has 0 radical (unpaired) electrons. The molecule has 280 valence electrons. The second-order valence-corrected chi connectivity index (χ2v) is 15.3. The van der Waals surface area contributed by atoms with Crippen molar-refractivity contribution in [2.75, 3.05) is 20.2 Å². The van der Waals surface area contributed by atoms with Crippen LogP contribution in [-0.2, 0) is 44.1 Å². The first kappa shape index (κ1) is 40.9. The van der Waals surface area contributed by atoms with Crippen molar-refractivity contribution in [1.82, 2.24) is 20.9 Å². The van der Waals surface area contributed by atoms with Gasteiger partial charge in [0.05, 0.1) is 0 Å². The molecule has 1 aliphatic heterocycles. The van der Waals surface area contributed by atoms with Crippen molar-refractivity contribution < 1.29 is 47.4 Å². The summed E-state index contributed by atoms with van der Waals surface area (Å²) in [7, 11) is -2.99. The van der Waals surface area contributed by atoms with Crippen LogP contribution in [0.25, 0.3) is 0 Å². The SMILES string of the molecule is CCCCC(NC(=O)[C@H](CCCCNC(=O)OCc1ccccc1)NC(=O)C1CCCCC1)P(=O)(OC)O[C@@H](C)C(=O)N1CCC[C@H]1C(=O)O. The predicted octanol–water partition coefficient (Wildman–Crippen LogP) is 5.10. The van der Waals surface area contributed by atoms with Crippen molar-refractivity contribution in [2.45, 2.75) is 128 Å². The lowest BCUT2D eigenvalue weighted by Gasteiger charge is -2.32. The minimum absolute atomic E-state index is 0.143. The van der Waals surface area contributed by atoms with Crippen molar-refractivity contribution >= 4 is 37.4 Å². The number of nitrogens with one attached hydrogen (secondary N) is 3. The maximum Gasteiger partial charge on any atom is 0.407 e. The van der Waals surface area contributed by atoms with Gasteiger partial charge in [0.1, 0.15) is 30.6 Å². The molecular weight excluding hydrogens is 667 g/mol. The van der Waals surface area contributed by atoms with E-state index in [1.807, 2.05) is 37.3 Å². The molecule has 2 aliphatic rings. The van der Waals surface area contributed by atoms with E-state index in [1.54, 1.807) is 0 Å². The molecule has 1 aromatic carbocycles. The predicted molar refractivity (Wildman–Crippen MR) is 186 cm³/mol. The lowest BCUT2D eigenvalue weighted by molar-refractivity contribution is -0.151. The molecule has 3 rings (SSSR count). The number of ether oxygens (including phenoxy) is 1. The molecule has 5 atom stereocenters. The van der Waals surface area contributed by atoms with Crippen LogP contribution >= 0.6 is 7.60 Å². The van der Waals surface area contributed by atoms with Gasteiger partial charge in [-0.05, 0) is 63.9 Å². The van der Waals surface area contributed by atoms with E-state index in [9.17, 15) is 33.6 Å². The molecule has 1 aliphatic carbocycles. The topological polar surface area (TPSA) is 190 Å². The molecule has 4 N–H and O–H groups in total. The Labute approximate surface area is 295 Å². The summed E-state index contributed by atoms with van der Waals surface area (Å²) >= 11 is 0. The number of alkyl carbamates (subject to hydrolysis) is 1. The molecule has 15 heteroatoms. The first-order valence-electron chi connectivity index (χ1n) is 17.9. The number of likely N-dealkylation sites (tertiary alicyclic amines) is 1. The average Bonchev–Trinajstić information content (AvgIpc) is 3.62. The van der Waals surface area contributed by atoms with Gasteiger partial charge in [-0.3, -0.25) is 23.5 Å². The zero-order chi connectivity index (χ0) is 36.5. The van der Waals surface area contributed by atoms with Gasteiger partial charge in [0.15, 0.2) is 0 Å². The second kappa shape index (κ2) is 21.0. The maximum atomic E-state index is 14.2. The molecular formula is C35H55N4O10P. The number of amides is 4. The minimum Gasteiger partial charge on any atom is -0.480 e.